The van der Waals surface area contributed by atoms with Crippen LogP contribution in [0.15, 0.2) is 59.3 Å². The average molecular weight is 491 g/mol. The molecule has 1 fully saturated rings. The van der Waals surface area contributed by atoms with Crippen LogP contribution >= 0.6 is 11.6 Å². The largest absolute Gasteiger partial charge is 0.388 e. The van der Waals surface area contributed by atoms with E-state index in [1.165, 1.54) is 28.0 Å². The molecule has 1 aliphatic heterocycles. The van der Waals surface area contributed by atoms with Gasteiger partial charge in [-0.15, -0.1) is 0 Å². The van der Waals surface area contributed by atoms with E-state index < -0.39 is 0 Å². The molecular formula is C30H39ClN4. The zero-order valence-corrected chi connectivity index (χ0v) is 22.4. The van der Waals surface area contributed by atoms with E-state index in [0.717, 1.165) is 80.3 Å². The van der Waals surface area contributed by atoms with E-state index in [4.69, 9.17) is 16.6 Å². The third kappa shape index (κ3) is 5.99. The standard InChI is InChI=1S/C30H39ClN4/c1-5-27(26-12-11-25(31)20-28(26)32-4)33-16-7-17-35-18-13-23(14-19-35)29-22(3)21(2)9-10-24-8-6-15-34-30(24)29/h5-6,8,11-12,15,20,32-33H,7,9-10,13-14,16-19H2,1-4H3/b27-5+. The Morgan fingerprint density at radius 1 is 1.11 bits per heavy atom. The highest BCUT2D eigenvalue weighted by Gasteiger charge is 2.23. The average Bonchev–Trinajstić information content (AvgIpc) is 3.01. The zero-order valence-electron chi connectivity index (χ0n) is 21.7. The molecule has 186 valence electrons. The summed E-state index contributed by atoms with van der Waals surface area (Å²) in [4.78, 5) is 7.45. The van der Waals surface area contributed by atoms with Crippen molar-refractivity contribution in [2.24, 2.45) is 0 Å². The van der Waals surface area contributed by atoms with Gasteiger partial charge in [-0.3, -0.25) is 4.98 Å². The molecule has 4 rings (SSSR count). The lowest BCUT2D eigenvalue weighted by Gasteiger charge is -2.30. The molecule has 2 aliphatic rings. The van der Waals surface area contributed by atoms with E-state index in [2.05, 4.69) is 60.6 Å². The lowest BCUT2D eigenvalue weighted by atomic mass is 9.89. The summed E-state index contributed by atoms with van der Waals surface area (Å²) in [5.41, 5.74) is 12.0. The van der Waals surface area contributed by atoms with E-state index >= 15 is 0 Å². The molecule has 2 heterocycles. The molecule has 2 aromatic rings. The van der Waals surface area contributed by atoms with E-state index in [0.29, 0.717) is 0 Å². The smallest absolute Gasteiger partial charge is 0.0736 e. The van der Waals surface area contributed by atoms with Gasteiger partial charge in [0, 0.05) is 60.4 Å². The molecule has 0 amide bonds. The monoisotopic (exact) mass is 490 g/mol. The first-order valence-corrected chi connectivity index (χ1v) is 13.3. The van der Waals surface area contributed by atoms with Gasteiger partial charge in [0.25, 0.3) is 0 Å². The maximum atomic E-state index is 6.17. The molecule has 5 heteroatoms. The summed E-state index contributed by atoms with van der Waals surface area (Å²) >= 11 is 6.17. The summed E-state index contributed by atoms with van der Waals surface area (Å²) in [6, 6.07) is 10.3. The SMILES string of the molecule is C/C=C(/NCCCN1CCC(=C2C(C)=C(C)CCc3cccnc32)CC1)c1ccc(Cl)cc1NC. The normalized spacial score (nSPS) is 17.3. The van der Waals surface area contributed by atoms with Crippen molar-refractivity contribution < 1.29 is 0 Å². The molecule has 0 radical (unpaired) electrons. The van der Waals surface area contributed by atoms with Crippen molar-refractivity contribution in [1.82, 2.24) is 15.2 Å². The van der Waals surface area contributed by atoms with Crippen molar-refractivity contribution in [2.75, 3.05) is 38.5 Å². The fourth-order valence-corrected chi connectivity index (χ4v) is 5.50. The summed E-state index contributed by atoms with van der Waals surface area (Å²) in [5.74, 6) is 0. The second-order valence-electron chi connectivity index (χ2n) is 9.66. The van der Waals surface area contributed by atoms with Gasteiger partial charge in [0.05, 0.1) is 5.69 Å². The number of aromatic nitrogens is 1. The van der Waals surface area contributed by atoms with Crippen molar-refractivity contribution in [3.63, 3.8) is 0 Å². The quantitative estimate of drug-likeness (QED) is 0.412. The van der Waals surface area contributed by atoms with Crippen LogP contribution in [-0.4, -0.2) is 43.1 Å². The maximum Gasteiger partial charge on any atom is 0.0736 e. The summed E-state index contributed by atoms with van der Waals surface area (Å²) in [5, 5.41) is 7.64. The lowest BCUT2D eigenvalue weighted by Crippen LogP contribution is -2.33. The Morgan fingerprint density at radius 3 is 2.66 bits per heavy atom. The van der Waals surface area contributed by atoms with Gasteiger partial charge in [0.2, 0.25) is 0 Å². The number of aryl methyl sites for hydroxylation is 1. The molecule has 1 aliphatic carbocycles. The third-order valence-electron chi connectivity index (χ3n) is 7.52. The van der Waals surface area contributed by atoms with Crippen LogP contribution in [0.2, 0.25) is 5.02 Å². The van der Waals surface area contributed by atoms with E-state index in [1.807, 2.05) is 25.4 Å². The molecule has 35 heavy (non-hydrogen) atoms. The Hall–Kier alpha value is -2.56. The van der Waals surface area contributed by atoms with Gasteiger partial charge < -0.3 is 15.5 Å². The summed E-state index contributed by atoms with van der Waals surface area (Å²) in [6.07, 6.45) is 9.73. The Kier molecular flexibility index (Phi) is 8.69. The molecule has 0 atom stereocenters. The van der Waals surface area contributed by atoms with E-state index in [9.17, 15) is 0 Å². The first-order chi connectivity index (χ1) is 17.0. The number of allylic oxidation sites excluding steroid dienone is 4. The lowest BCUT2D eigenvalue weighted by molar-refractivity contribution is 0.254. The van der Waals surface area contributed by atoms with Crippen LogP contribution < -0.4 is 10.6 Å². The highest BCUT2D eigenvalue weighted by Crippen LogP contribution is 2.37. The number of hydrogen-bond acceptors (Lipinski definition) is 4. The number of piperidine rings is 1. The van der Waals surface area contributed by atoms with Crippen LogP contribution in [0.1, 0.15) is 63.3 Å². The molecule has 0 bridgehead atoms. The summed E-state index contributed by atoms with van der Waals surface area (Å²) < 4.78 is 0. The number of fused-ring (bicyclic) bond motifs is 1. The number of rotatable bonds is 7. The molecular weight excluding hydrogens is 452 g/mol. The molecule has 1 aromatic heterocycles. The van der Waals surface area contributed by atoms with Crippen molar-refractivity contribution in [2.45, 2.75) is 52.9 Å². The van der Waals surface area contributed by atoms with Crippen LogP contribution in [0.4, 0.5) is 5.69 Å². The number of nitrogens with one attached hydrogen (secondary N) is 2. The van der Waals surface area contributed by atoms with Crippen LogP contribution in [-0.2, 0) is 6.42 Å². The van der Waals surface area contributed by atoms with Crippen molar-refractivity contribution in [1.29, 1.82) is 0 Å². The summed E-state index contributed by atoms with van der Waals surface area (Å²) in [7, 11) is 1.94. The molecule has 2 N–H and O–H groups in total. The molecule has 0 saturated carbocycles. The number of hydrogen-bond donors (Lipinski definition) is 2. The number of likely N-dealkylation sites (tertiary alicyclic amines) is 1. The molecule has 0 unspecified atom stereocenters. The van der Waals surface area contributed by atoms with Gasteiger partial charge in [-0.25, -0.2) is 0 Å². The van der Waals surface area contributed by atoms with Crippen LogP contribution in [0, 0.1) is 0 Å². The van der Waals surface area contributed by atoms with Crippen LogP contribution in [0.3, 0.4) is 0 Å². The molecule has 4 nitrogen and oxygen atoms in total. The van der Waals surface area contributed by atoms with Gasteiger partial charge in [-0.2, -0.15) is 0 Å². The first-order valence-electron chi connectivity index (χ1n) is 12.9. The molecule has 1 saturated heterocycles. The Labute approximate surface area is 216 Å². The Morgan fingerprint density at radius 2 is 1.91 bits per heavy atom. The minimum Gasteiger partial charge on any atom is -0.388 e. The first kappa shape index (κ1) is 25.5. The second kappa shape index (κ2) is 11.9. The number of pyridine rings is 1. The highest BCUT2D eigenvalue weighted by atomic mass is 35.5. The number of anilines is 1. The van der Waals surface area contributed by atoms with Crippen molar-refractivity contribution in [3.8, 4) is 0 Å². The highest BCUT2D eigenvalue weighted by molar-refractivity contribution is 6.31. The Bertz CT molecular complexity index is 1130. The molecule has 1 aromatic carbocycles. The van der Waals surface area contributed by atoms with Gasteiger partial charge in [0.1, 0.15) is 0 Å². The minimum absolute atomic E-state index is 0.747. The maximum absolute atomic E-state index is 6.17. The predicted molar refractivity (Wildman–Crippen MR) is 151 cm³/mol. The second-order valence-corrected chi connectivity index (χ2v) is 10.1. The van der Waals surface area contributed by atoms with E-state index in [-0.39, 0.29) is 0 Å². The number of halogens is 1. The van der Waals surface area contributed by atoms with Gasteiger partial charge in [-0.1, -0.05) is 34.9 Å². The fraction of sp³-hybridized carbons (Fsp3) is 0.433. The zero-order chi connectivity index (χ0) is 24.8. The third-order valence-corrected chi connectivity index (χ3v) is 7.76. The topological polar surface area (TPSA) is 40.2 Å². The number of benzene rings is 1. The Balaban J connectivity index is 1.34. The fourth-order valence-electron chi connectivity index (χ4n) is 5.33. The van der Waals surface area contributed by atoms with Gasteiger partial charge in [-0.05, 0) is 94.8 Å². The minimum atomic E-state index is 0.747. The molecule has 0 spiro atoms. The van der Waals surface area contributed by atoms with E-state index in [1.54, 1.807) is 5.57 Å². The van der Waals surface area contributed by atoms with Gasteiger partial charge in [0.15, 0.2) is 0 Å². The number of nitrogens with zero attached hydrogens (tertiary/aromatic N) is 2. The predicted octanol–water partition coefficient (Wildman–Crippen LogP) is 6.95. The summed E-state index contributed by atoms with van der Waals surface area (Å²) in [6.45, 7) is 11.0. The van der Waals surface area contributed by atoms with Crippen LogP contribution in [0.5, 0.6) is 0 Å². The van der Waals surface area contributed by atoms with Crippen LogP contribution in [0.25, 0.3) is 11.3 Å². The van der Waals surface area contributed by atoms with Gasteiger partial charge >= 0.3 is 0 Å². The van der Waals surface area contributed by atoms with Crippen molar-refractivity contribution >= 4 is 28.6 Å². The van der Waals surface area contributed by atoms with Crippen molar-refractivity contribution in [3.05, 3.63) is 81.2 Å².